The molecule has 2 aromatic rings. The number of nitrogens with one attached hydrogen (secondary N) is 1. The van der Waals surface area contributed by atoms with Crippen LogP contribution in [0.4, 0.5) is 0 Å². The molecule has 0 aliphatic rings. The lowest BCUT2D eigenvalue weighted by atomic mass is 10.2. The van der Waals surface area contributed by atoms with Crippen molar-refractivity contribution in [2.75, 3.05) is 0 Å². The van der Waals surface area contributed by atoms with Gasteiger partial charge < -0.3 is 0 Å². The first-order valence-electron chi connectivity index (χ1n) is 5.67. The van der Waals surface area contributed by atoms with Crippen LogP contribution in [-0.2, 0) is 10.0 Å². The van der Waals surface area contributed by atoms with Crippen molar-refractivity contribution in [3.05, 3.63) is 59.4 Å². The fraction of sp³-hybridized carbons (Fsp3) is 0.154. The van der Waals surface area contributed by atoms with E-state index in [1.165, 1.54) is 12.1 Å². The molecule has 0 saturated carbocycles. The molecule has 100 valence electrons. The standard InChI is InChI=1S/C13H13ClN2O2S/c1-10(11-3-2-8-15-9-11)16-19(17,18)13-6-4-12(14)5-7-13/h2-10,16H,1H3. The third kappa shape index (κ3) is 3.53. The molecule has 0 radical (unpaired) electrons. The number of rotatable bonds is 4. The van der Waals surface area contributed by atoms with Crippen LogP contribution in [0.5, 0.6) is 0 Å². The van der Waals surface area contributed by atoms with Crippen molar-refractivity contribution in [2.24, 2.45) is 0 Å². The summed E-state index contributed by atoms with van der Waals surface area (Å²) >= 11 is 5.74. The van der Waals surface area contributed by atoms with Gasteiger partial charge in [-0.25, -0.2) is 13.1 Å². The minimum atomic E-state index is -3.56. The van der Waals surface area contributed by atoms with Crippen LogP contribution in [0.25, 0.3) is 0 Å². The molecule has 0 aliphatic heterocycles. The van der Waals surface area contributed by atoms with Gasteiger partial charge in [-0.1, -0.05) is 17.7 Å². The number of aromatic nitrogens is 1. The van der Waals surface area contributed by atoms with Crippen molar-refractivity contribution in [1.29, 1.82) is 0 Å². The summed E-state index contributed by atoms with van der Waals surface area (Å²) in [6.07, 6.45) is 3.28. The number of pyridine rings is 1. The Kier molecular flexibility index (Phi) is 4.19. The quantitative estimate of drug-likeness (QED) is 0.944. The van der Waals surface area contributed by atoms with E-state index in [-0.39, 0.29) is 10.9 Å². The summed E-state index contributed by atoms with van der Waals surface area (Å²) in [5.41, 5.74) is 0.806. The van der Waals surface area contributed by atoms with Crippen molar-refractivity contribution in [1.82, 2.24) is 9.71 Å². The third-order valence-corrected chi connectivity index (χ3v) is 4.45. The number of benzene rings is 1. The van der Waals surface area contributed by atoms with Crippen LogP contribution in [0.2, 0.25) is 5.02 Å². The van der Waals surface area contributed by atoms with Gasteiger partial charge in [0.1, 0.15) is 0 Å². The van der Waals surface area contributed by atoms with Crippen LogP contribution < -0.4 is 4.72 Å². The van der Waals surface area contributed by atoms with Gasteiger partial charge >= 0.3 is 0 Å². The topological polar surface area (TPSA) is 59.1 Å². The first kappa shape index (κ1) is 14.0. The van der Waals surface area contributed by atoms with E-state index >= 15 is 0 Å². The fourth-order valence-corrected chi connectivity index (χ4v) is 2.97. The van der Waals surface area contributed by atoms with E-state index in [1.807, 2.05) is 6.07 Å². The van der Waals surface area contributed by atoms with E-state index in [0.29, 0.717) is 5.02 Å². The third-order valence-electron chi connectivity index (χ3n) is 2.64. The Labute approximate surface area is 117 Å². The summed E-state index contributed by atoms with van der Waals surface area (Å²) in [6, 6.07) is 9.27. The summed E-state index contributed by atoms with van der Waals surface area (Å²) < 4.78 is 26.9. The molecule has 6 heteroatoms. The smallest absolute Gasteiger partial charge is 0.241 e. The average molecular weight is 297 g/mol. The lowest BCUT2D eigenvalue weighted by Crippen LogP contribution is -2.26. The van der Waals surface area contributed by atoms with Gasteiger partial charge in [0, 0.05) is 23.5 Å². The minimum Gasteiger partial charge on any atom is -0.264 e. The Morgan fingerprint density at radius 3 is 2.47 bits per heavy atom. The maximum Gasteiger partial charge on any atom is 0.241 e. The highest BCUT2D eigenvalue weighted by Gasteiger charge is 2.18. The van der Waals surface area contributed by atoms with E-state index in [4.69, 9.17) is 11.6 Å². The monoisotopic (exact) mass is 296 g/mol. The van der Waals surface area contributed by atoms with E-state index in [2.05, 4.69) is 9.71 Å². The van der Waals surface area contributed by atoms with Crippen LogP contribution in [0.1, 0.15) is 18.5 Å². The highest BCUT2D eigenvalue weighted by molar-refractivity contribution is 7.89. The molecule has 1 N–H and O–H groups in total. The van der Waals surface area contributed by atoms with Gasteiger partial charge in [-0.2, -0.15) is 0 Å². The fourth-order valence-electron chi connectivity index (χ4n) is 1.61. The van der Waals surface area contributed by atoms with Crippen molar-refractivity contribution >= 4 is 21.6 Å². The Bertz CT molecular complexity index is 642. The second kappa shape index (κ2) is 5.69. The second-order valence-electron chi connectivity index (χ2n) is 4.08. The molecule has 4 nitrogen and oxygen atoms in total. The number of hydrogen-bond donors (Lipinski definition) is 1. The Balaban J connectivity index is 2.20. The van der Waals surface area contributed by atoms with Gasteiger partial charge in [-0.15, -0.1) is 0 Å². The summed E-state index contributed by atoms with van der Waals surface area (Å²) in [6.45, 7) is 1.77. The first-order valence-corrected chi connectivity index (χ1v) is 7.53. The largest absolute Gasteiger partial charge is 0.264 e. The van der Waals surface area contributed by atoms with E-state index in [0.717, 1.165) is 5.56 Å². The van der Waals surface area contributed by atoms with Crippen LogP contribution in [0.3, 0.4) is 0 Å². The number of nitrogens with zero attached hydrogens (tertiary/aromatic N) is 1. The molecule has 0 bridgehead atoms. The molecule has 0 spiro atoms. The van der Waals surface area contributed by atoms with Crippen LogP contribution in [0, 0.1) is 0 Å². The van der Waals surface area contributed by atoms with Gasteiger partial charge in [0.15, 0.2) is 0 Å². The van der Waals surface area contributed by atoms with Crippen LogP contribution >= 0.6 is 11.6 Å². The zero-order valence-corrected chi connectivity index (χ0v) is 11.8. The Morgan fingerprint density at radius 2 is 1.89 bits per heavy atom. The van der Waals surface area contributed by atoms with Gasteiger partial charge in [0.2, 0.25) is 10.0 Å². The highest BCUT2D eigenvalue weighted by Crippen LogP contribution is 2.17. The molecule has 1 atom stereocenters. The molecular formula is C13H13ClN2O2S. The van der Waals surface area contributed by atoms with Crippen molar-refractivity contribution in [3.63, 3.8) is 0 Å². The zero-order chi connectivity index (χ0) is 13.9. The predicted molar refractivity (Wildman–Crippen MR) is 74.4 cm³/mol. The molecule has 1 heterocycles. The Hall–Kier alpha value is -1.43. The summed E-state index contributed by atoms with van der Waals surface area (Å²) in [7, 11) is -3.56. The van der Waals surface area contributed by atoms with E-state index in [1.54, 1.807) is 37.5 Å². The molecule has 0 fully saturated rings. The average Bonchev–Trinajstić information content (AvgIpc) is 2.40. The summed E-state index contributed by atoms with van der Waals surface area (Å²) in [5, 5.41) is 0.499. The van der Waals surface area contributed by atoms with Crippen molar-refractivity contribution in [2.45, 2.75) is 17.9 Å². The van der Waals surface area contributed by atoms with E-state index < -0.39 is 10.0 Å². The number of sulfonamides is 1. The maximum atomic E-state index is 12.2. The molecule has 1 aromatic carbocycles. The molecule has 2 rings (SSSR count). The summed E-state index contributed by atoms with van der Waals surface area (Å²) in [5.74, 6) is 0. The lowest BCUT2D eigenvalue weighted by Gasteiger charge is -2.14. The van der Waals surface area contributed by atoms with Crippen molar-refractivity contribution in [3.8, 4) is 0 Å². The maximum absolute atomic E-state index is 12.2. The molecule has 0 amide bonds. The number of halogens is 1. The van der Waals surface area contributed by atoms with Gasteiger partial charge in [0.05, 0.1) is 4.90 Å². The first-order chi connectivity index (χ1) is 8.99. The molecule has 0 saturated heterocycles. The molecule has 19 heavy (non-hydrogen) atoms. The lowest BCUT2D eigenvalue weighted by molar-refractivity contribution is 0.566. The normalized spacial score (nSPS) is 13.2. The molecular weight excluding hydrogens is 284 g/mol. The van der Waals surface area contributed by atoms with Crippen LogP contribution in [-0.4, -0.2) is 13.4 Å². The molecule has 0 aliphatic carbocycles. The Morgan fingerprint density at radius 1 is 1.21 bits per heavy atom. The number of hydrogen-bond acceptors (Lipinski definition) is 3. The van der Waals surface area contributed by atoms with Gasteiger partial charge in [-0.3, -0.25) is 4.98 Å². The predicted octanol–water partition coefficient (Wildman–Crippen LogP) is 2.77. The van der Waals surface area contributed by atoms with Gasteiger partial charge in [-0.05, 0) is 42.8 Å². The van der Waals surface area contributed by atoms with E-state index in [9.17, 15) is 8.42 Å². The highest BCUT2D eigenvalue weighted by atomic mass is 35.5. The second-order valence-corrected chi connectivity index (χ2v) is 6.23. The van der Waals surface area contributed by atoms with Gasteiger partial charge in [0.25, 0.3) is 0 Å². The van der Waals surface area contributed by atoms with Crippen LogP contribution in [0.15, 0.2) is 53.7 Å². The molecule has 1 aromatic heterocycles. The van der Waals surface area contributed by atoms with Crippen molar-refractivity contribution < 1.29 is 8.42 Å². The minimum absolute atomic E-state index is 0.188. The summed E-state index contributed by atoms with van der Waals surface area (Å²) in [4.78, 5) is 4.16. The zero-order valence-electron chi connectivity index (χ0n) is 10.2. The SMILES string of the molecule is CC(NS(=O)(=O)c1ccc(Cl)cc1)c1cccnc1. The molecule has 1 unspecified atom stereocenters.